The number of anilines is 1. The summed E-state index contributed by atoms with van der Waals surface area (Å²) in [4.78, 5) is 32.3. The number of amides is 2. The minimum atomic E-state index is -1.10. The average molecular weight is 591 g/mol. The summed E-state index contributed by atoms with van der Waals surface area (Å²) in [6, 6.07) is 31.0. The molecule has 3 N–H and O–H groups in total. The molecule has 7 nitrogen and oxygen atoms in total. The Bertz CT molecular complexity index is 1910. The van der Waals surface area contributed by atoms with Crippen LogP contribution in [0.5, 0.6) is 0 Å². The number of carboxylic acid groups (broad SMARTS) is 1. The molecule has 42 heavy (non-hydrogen) atoms. The Kier molecular flexibility index (Phi) is 6.89. The van der Waals surface area contributed by atoms with Gasteiger partial charge in [-0.1, -0.05) is 78.5 Å². The van der Waals surface area contributed by atoms with Crippen LogP contribution >= 0.6 is 23.1 Å². The largest absolute Gasteiger partial charge is 0.478 e. The highest BCUT2D eigenvalue weighted by Crippen LogP contribution is 2.44. The highest BCUT2D eigenvalue weighted by Gasteiger charge is 2.36. The molecule has 2 amide bonds. The van der Waals surface area contributed by atoms with E-state index in [4.69, 9.17) is 4.99 Å². The molecular weight excluding hydrogens is 565 g/mol. The molecule has 9 heteroatoms. The average Bonchev–Trinajstić information content (AvgIpc) is 3.64. The zero-order valence-electron chi connectivity index (χ0n) is 22.4. The van der Waals surface area contributed by atoms with E-state index in [9.17, 15) is 14.7 Å². The number of aromatic carboxylic acids is 1. The summed E-state index contributed by atoms with van der Waals surface area (Å²) in [5, 5.41) is 18.7. The van der Waals surface area contributed by atoms with Gasteiger partial charge in [0.1, 0.15) is 0 Å². The lowest BCUT2D eigenvalue weighted by molar-refractivity contribution is 0.0698. The highest BCUT2D eigenvalue weighted by atomic mass is 32.2. The molecule has 1 atom stereocenters. The van der Waals surface area contributed by atoms with E-state index in [1.165, 1.54) is 26.2 Å². The van der Waals surface area contributed by atoms with Gasteiger partial charge in [0, 0.05) is 50.2 Å². The van der Waals surface area contributed by atoms with Crippen molar-refractivity contribution < 1.29 is 14.7 Å². The van der Waals surface area contributed by atoms with Crippen molar-refractivity contribution in [2.75, 3.05) is 24.2 Å². The van der Waals surface area contributed by atoms with E-state index in [0.29, 0.717) is 0 Å². The Morgan fingerprint density at radius 3 is 2.52 bits per heavy atom. The summed E-state index contributed by atoms with van der Waals surface area (Å²) in [6.45, 7) is 1.09. The molecule has 0 spiro atoms. The van der Waals surface area contributed by atoms with Gasteiger partial charge >= 0.3 is 12.0 Å². The first-order chi connectivity index (χ1) is 20.6. The van der Waals surface area contributed by atoms with E-state index in [1.54, 1.807) is 41.3 Å². The minimum absolute atomic E-state index is 0.0343. The molecule has 0 bridgehead atoms. The summed E-state index contributed by atoms with van der Waals surface area (Å²) in [5.41, 5.74) is 4.24. The van der Waals surface area contributed by atoms with Gasteiger partial charge in [-0.15, -0.1) is 11.3 Å². The number of para-hydroxylation sites is 1. The first kappa shape index (κ1) is 26.3. The number of benzene rings is 4. The minimum Gasteiger partial charge on any atom is -0.478 e. The summed E-state index contributed by atoms with van der Waals surface area (Å²) in [7, 11) is 0. The molecule has 2 aliphatic rings. The third kappa shape index (κ3) is 4.80. The zero-order valence-corrected chi connectivity index (χ0v) is 24.0. The number of urea groups is 1. The topological polar surface area (TPSA) is 94.0 Å². The normalized spacial score (nSPS) is 16.4. The van der Waals surface area contributed by atoms with E-state index in [1.807, 2.05) is 18.2 Å². The molecule has 0 radical (unpaired) electrons. The van der Waals surface area contributed by atoms with Gasteiger partial charge in [0.2, 0.25) is 0 Å². The van der Waals surface area contributed by atoms with Gasteiger partial charge in [-0.2, -0.15) is 0 Å². The fraction of sp³-hybridized carbons (Fsp3) is 0.121. The third-order valence-electron chi connectivity index (χ3n) is 7.57. The van der Waals surface area contributed by atoms with Crippen molar-refractivity contribution in [2.24, 2.45) is 4.99 Å². The standard InChI is InChI=1S/C33H26N4O3S2/c38-31(39)23-11-4-6-12-26(23)35-32(40)34-19-25-29(21-14-15-28-24(18-21)22-10-5-7-13-27(22)42-28)36-33-37(16-17-41-33)30(25)20-8-2-1-3-9-20/h1-15,18,30H,16-17,19H2,(H,38,39)(H2,34,35,40). The number of nitrogens with one attached hydrogen (secondary N) is 2. The molecule has 0 aliphatic carbocycles. The fourth-order valence-corrected chi connectivity index (χ4v) is 7.75. The molecule has 208 valence electrons. The lowest BCUT2D eigenvalue weighted by atomic mass is 9.91. The number of carbonyl (C=O) groups excluding carboxylic acids is 1. The number of aliphatic imine (C=N–C) groups is 1. The molecule has 3 heterocycles. The molecule has 0 saturated carbocycles. The van der Waals surface area contributed by atoms with Crippen molar-refractivity contribution in [3.63, 3.8) is 0 Å². The Labute approximate surface area is 250 Å². The van der Waals surface area contributed by atoms with Crippen LogP contribution in [0.25, 0.3) is 25.9 Å². The number of hydrogen-bond donors (Lipinski definition) is 3. The van der Waals surface area contributed by atoms with Gasteiger partial charge in [0.25, 0.3) is 0 Å². The predicted octanol–water partition coefficient (Wildman–Crippen LogP) is 7.45. The van der Waals surface area contributed by atoms with Gasteiger partial charge in [-0.05, 0) is 35.9 Å². The van der Waals surface area contributed by atoms with E-state index >= 15 is 0 Å². The molecule has 5 aromatic rings. The molecule has 1 unspecified atom stereocenters. The highest BCUT2D eigenvalue weighted by molar-refractivity contribution is 8.14. The Morgan fingerprint density at radius 2 is 1.67 bits per heavy atom. The number of nitrogens with zero attached hydrogens (tertiary/aromatic N) is 2. The van der Waals surface area contributed by atoms with E-state index in [0.717, 1.165) is 39.9 Å². The van der Waals surface area contributed by atoms with Crippen molar-refractivity contribution in [2.45, 2.75) is 6.04 Å². The summed E-state index contributed by atoms with van der Waals surface area (Å²) in [5.74, 6) is -0.159. The van der Waals surface area contributed by atoms with Crippen molar-refractivity contribution >= 4 is 71.8 Å². The second-order valence-corrected chi connectivity index (χ2v) is 12.2. The third-order valence-corrected chi connectivity index (χ3v) is 9.70. The van der Waals surface area contributed by atoms with Crippen LogP contribution in [0.4, 0.5) is 10.5 Å². The van der Waals surface area contributed by atoms with Crippen LogP contribution in [0.3, 0.4) is 0 Å². The van der Waals surface area contributed by atoms with Gasteiger partial charge in [-0.25, -0.2) is 14.6 Å². The number of amidine groups is 1. The number of thiophene rings is 1. The zero-order chi connectivity index (χ0) is 28.6. The second kappa shape index (κ2) is 11.0. The van der Waals surface area contributed by atoms with Crippen LogP contribution in [0.2, 0.25) is 0 Å². The Hall–Kier alpha value is -4.60. The van der Waals surface area contributed by atoms with Crippen LogP contribution in [0.15, 0.2) is 108 Å². The first-order valence-electron chi connectivity index (χ1n) is 13.6. The molecule has 1 saturated heterocycles. The maximum absolute atomic E-state index is 13.1. The number of fused-ring (bicyclic) bond motifs is 4. The summed E-state index contributed by atoms with van der Waals surface area (Å²) < 4.78 is 2.46. The number of hydrogen-bond acceptors (Lipinski definition) is 6. The number of carbonyl (C=O) groups is 2. The summed E-state index contributed by atoms with van der Waals surface area (Å²) >= 11 is 3.53. The van der Waals surface area contributed by atoms with Crippen molar-refractivity contribution in [3.8, 4) is 0 Å². The van der Waals surface area contributed by atoms with Crippen LogP contribution < -0.4 is 10.6 Å². The van der Waals surface area contributed by atoms with Crippen LogP contribution in [0, 0.1) is 0 Å². The molecule has 1 fully saturated rings. The smallest absolute Gasteiger partial charge is 0.337 e. The van der Waals surface area contributed by atoms with Gasteiger partial charge in [0.05, 0.1) is 23.0 Å². The molecule has 1 aromatic heterocycles. The number of carboxylic acids is 1. The van der Waals surface area contributed by atoms with Crippen LogP contribution in [-0.2, 0) is 0 Å². The van der Waals surface area contributed by atoms with Crippen molar-refractivity contribution in [1.82, 2.24) is 10.2 Å². The van der Waals surface area contributed by atoms with Gasteiger partial charge in [-0.3, -0.25) is 0 Å². The maximum Gasteiger partial charge on any atom is 0.337 e. The molecule has 4 aromatic carbocycles. The lowest BCUT2D eigenvalue weighted by Gasteiger charge is -2.36. The maximum atomic E-state index is 13.1. The second-order valence-electron chi connectivity index (χ2n) is 10.1. The Morgan fingerprint density at radius 1 is 0.905 bits per heavy atom. The van der Waals surface area contributed by atoms with Crippen LogP contribution in [-0.4, -0.2) is 46.0 Å². The molecular formula is C33H26N4O3S2. The fourth-order valence-electron chi connectivity index (χ4n) is 5.68. The number of rotatable bonds is 6. The summed E-state index contributed by atoms with van der Waals surface area (Å²) in [6.07, 6.45) is 0. The SMILES string of the molecule is O=C(NCC1=C(c2ccc3sc4ccccc4c3c2)N=C2SCCN2C1c1ccccc1)Nc1ccccc1C(=O)O. The Balaban J connectivity index is 1.31. The van der Waals surface area contributed by atoms with Crippen LogP contribution in [0.1, 0.15) is 27.5 Å². The first-order valence-corrected chi connectivity index (χ1v) is 15.4. The lowest BCUT2D eigenvalue weighted by Crippen LogP contribution is -2.39. The molecule has 2 aliphatic heterocycles. The van der Waals surface area contributed by atoms with Crippen molar-refractivity contribution in [1.29, 1.82) is 0 Å². The molecule has 7 rings (SSSR count). The number of thioether (sulfide) groups is 1. The van der Waals surface area contributed by atoms with E-state index < -0.39 is 12.0 Å². The quantitative estimate of drug-likeness (QED) is 0.191. The monoisotopic (exact) mass is 590 g/mol. The predicted molar refractivity (Wildman–Crippen MR) is 172 cm³/mol. The van der Waals surface area contributed by atoms with E-state index in [2.05, 4.69) is 70.1 Å². The van der Waals surface area contributed by atoms with Gasteiger partial charge < -0.3 is 20.6 Å². The van der Waals surface area contributed by atoms with Crippen molar-refractivity contribution in [3.05, 3.63) is 119 Å². The van der Waals surface area contributed by atoms with E-state index in [-0.39, 0.29) is 23.8 Å². The van der Waals surface area contributed by atoms with Gasteiger partial charge in [0.15, 0.2) is 5.17 Å².